The van der Waals surface area contributed by atoms with Crippen LogP contribution in [-0.4, -0.2) is 35.0 Å². The van der Waals surface area contributed by atoms with E-state index in [1.54, 1.807) is 38.4 Å². The van der Waals surface area contributed by atoms with Crippen LogP contribution in [0.1, 0.15) is 16.1 Å². The van der Waals surface area contributed by atoms with Crippen LogP contribution in [0, 0.1) is 6.92 Å². The van der Waals surface area contributed by atoms with Gasteiger partial charge in [0, 0.05) is 32.4 Å². The Morgan fingerprint density at radius 1 is 1.20 bits per heavy atom. The van der Waals surface area contributed by atoms with Crippen LogP contribution < -0.4 is 4.74 Å². The van der Waals surface area contributed by atoms with Crippen LogP contribution in [0.3, 0.4) is 0 Å². The number of amides is 1. The van der Waals surface area contributed by atoms with E-state index in [-0.39, 0.29) is 11.7 Å². The van der Waals surface area contributed by atoms with Crippen LogP contribution in [0.5, 0.6) is 17.2 Å². The van der Waals surface area contributed by atoms with Crippen molar-refractivity contribution in [1.29, 1.82) is 0 Å². The van der Waals surface area contributed by atoms with Gasteiger partial charge in [-0.25, -0.2) is 0 Å². The highest BCUT2D eigenvalue weighted by Gasteiger charge is 2.11. The lowest BCUT2D eigenvalue weighted by molar-refractivity contribution is 0.0821. The first-order valence-corrected chi connectivity index (χ1v) is 6.12. The predicted molar refractivity (Wildman–Crippen MR) is 75.2 cm³/mol. The Kier molecular flexibility index (Phi) is 3.89. The van der Waals surface area contributed by atoms with Crippen molar-refractivity contribution in [3.8, 4) is 17.2 Å². The zero-order valence-electron chi connectivity index (χ0n) is 11.6. The summed E-state index contributed by atoms with van der Waals surface area (Å²) in [5.74, 6) is 0.952. The molecule has 5 heteroatoms. The number of pyridine rings is 1. The predicted octanol–water partition coefficient (Wildman–Crippen LogP) is 2.59. The Morgan fingerprint density at radius 3 is 2.60 bits per heavy atom. The standard InChI is InChI=1S/C15H16N2O3/c1-10-6-11(18)8-13(7-10)20-12-4-5-16-14(9-12)15(19)17(2)3/h4-9,18H,1-3H3. The molecule has 1 aromatic heterocycles. The number of phenols is 1. The fraction of sp³-hybridized carbons (Fsp3) is 0.200. The van der Waals surface area contributed by atoms with Crippen LogP contribution in [-0.2, 0) is 0 Å². The zero-order chi connectivity index (χ0) is 14.7. The number of hydrogen-bond acceptors (Lipinski definition) is 4. The van der Waals surface area contributed by atoms with Gasteiger partial charge in [0.1, 0.15) is 22.9 Å². The number of rotatable bonds is 3. The number of aryl methyl sites for hydroxylation is 1. The van der Waals surface area contributed by atoms with Gasteiger partial charge in [0.05, 0.1) is 0 Å². The van der Waals surface area contributed by atoms with E-state index < -0.39 is 0 Å². The molecular weight excluding hydrogens is 256 g/mol. The maximum absolute atomic E-state index is 11.8. The summed E-state index contributed by atoms with van der Waals surface area (Å²) in [7, 11) is 3.33. The lowest BCUT2D eigenvalue weighted by atomic mass is 10.2. The van der Waals surface area contributed by atoms with Crippen molar-refractivity contribution in [2.45, 2.75) is 6.92 Å². The maximum atomic E-state index is 11.8. The van der Waals surface area contributed by atoms with Gasteiger partial charge in [-0.2, -0.15) is 0 Å². The van der Waals surface area contributed by atoms with Crippen molar-refractivity contribution in [3.63, 3.8) is 0 Å². The number of benzene rings is 1. The molecule has 1 heterocycles. The molecule has 0 aliphatic carbocycles. The molecule has 0 spiro atoms. The number of carbonyl (C=O) groups excluding carboxylic acids is 1. The molecule has 0 radical (unpaired) electrons. The second kappa shape index (κ2) is 5.61. The quantitative estimate of drug-likeness (QED) is 0.932. The molecule has 5 nitrogen and oxygen atoms in total. The van der Waals surface area contributed by atoms with Crippen molar-refractivity contribution in [3.05, 3.63) is 47.8 Å². The minimum Gasteiger partial charge on any atom is -0.508 e. The van der Waals surface area contributed by atoms with E-state index in [4.69, 9.17) is 4.74 Å². The van der Waals surface area contributed by atoms with E-state index in [1.165, 1.54) is 17.2 Å². The van der Waals surface area contributed by atoms with Crippen LogP contribution in [0.2, 0.25) is 0 Å². The Labute approximate surface area is 117 Å². The highest BCUT2D eigenvalue weighted by Crippen LogP contribution is 2.26. The monoisotopic (exact) mass is 272 g/mol. The smallest absolute Gasteiger partial charge is 0.272 e. The van der Waals surface area contributed by atoms with Gasteiger partial charge >= 0.3 is 0 Å². The Bertz CT molecular complexity index is 619. The molecule has 0 fully saturated rings. The maximum Gasteiger partial charge on any atom is 0.272 e. The first-order valence-electron chi connectivity index (χ1n) is 6.12. The molecule has 2 aromatic rings. The van der Waals surface area contributed by atoms with Crippen LogP contribution in [0.4, 0.5) is 0 Å². The molecule has 104 valence electrons. The second-order valence-electron chi connectivity index (χ2n) is 4.68. The van der Waals surface area contributed by atoms with Crippen molar-refractivity contribution in [2.24, 2.45) is 0 Å². The number of carbonyl (C=O) groups is 1. The molecule has 20 heavy (non-hydrogen) atoms. The summed E-state index contributed by atoms with van der Waals surface area (Å²) in [5, 5.41) is 9.53. The van der Waals surface area contributed by atoms with Gasteiger partial charge in [0.2, 0.25) is 0 Å². The van der Waals surface area contributed by atoms with Gasteiger partial charge in [-0.15, -0.1) is 0 Å². The topological polar surface area (TPSA) is 62.7 Å². The van der Waals surface area contributed by atoms with Crippen LogP contribution in [0.15, 0.2) is 36.5 Å². The molecule has 0 aliphatic rings. The molecule has 0 aliphatic heterocycles. The van der Waals surface area contributed by atoms with Crippen molar-refractivity contribution in [1.82, 2.24) is 9.88 Å². The number of phenolic OH excluding ortho intramolecular Hbond substituents is 1. The molecule has 0 atom stereocenters. The first-order chi connectivity index (χ1) is 9.45. The van der Waals surface area contributed by atoms with Crippen LogP contribution in [0.25, 0.3) is 0 Å². The lowest BCUT2D eigenvalue weighted by Gasteiger charge is -2.11. The summed E-state index contributed by atoms with van der Waals surface area (Å²) in [4.78, 5) is 17.3. The molecule has 0 saturated carbocycles. The first kappa shape index (κ1) is 13.9. The number of aromatic hydroxyl groups is 1. The van der Waals surface area contributed by atoms with E-state index in [0.717, 1.165) is 5.56 Å². The van der Waals surface area contributed by atoms with Crippen molar-refractivity contribution in [2.75, 3.05) is 14.1 Å². The Hall–Kier alpha value is -2.56. The van der Waals surface area contributed by atoms with E-state index in [9.17, 15) is 9.90 Å². The van der Waals surface area contributed by atoms with Crippen molar-refractivity contribution < 1.29 is 14.6 Å². The van der Waals surface area contributed by atoms with Gasteiger partial charge in [0.25, 0.3) is 5.91 Å². The number of nitrogens with zero attached hydrogens (tertiary/aromatic N) is 2. The fourth-order valence-corrected chi connectivity index (χ4v) is 1.74. The third-order valence-corrected chi connectivity index (χ3v) is 2.63. The van der Waals surface area contributed by atoms with E-state index in [0.29, 0.717) is 17.2 Å². The zero-order valence-corrected chi connectivity index (χ0v) is 11.6. The molecule has 1 amide bonds. The molecule has 0 bridgehead atoms. The largest absolute Gasteiger partial charge is 0.508 e. The van der Waals surface area contributed by atoms with Gasteiger partial charge in [0.15, 0.2) is 0 Å². The van der Waals surface area contributed by atoms with Crippen molar-refractivity contribution >= 4 is 5.91 Å². The Morgan fingerprint density at radius 2 is 1.95 bits per heavy atom. The molecule has 0 unspecified atom stereocenters. The number of aromatic nitrogens is 1. The summed E-state index contributed by atoms with van der Waals surface area (Å²) in [6.45, 7) is 1.86. The molecular formula is C15H16N2O3. The highest BCUT2D eigenvalue weighted by atomic mass is 16.5. The van der Waals surface area contributed by atoms with Gasteiger partial charge in [-0.1, -0.05) is 0 Å². The third-order valence-electron chi connectivity index (χ3n) is 2.63. The van der Waals surface area contributed by atoms with Gasteiger partial charge in [-0.05, 0) is 30.7 Å². The minimum atomic E-state index is -0.192. The normalized spacial score (nSPS) is 10.2. The summed E-state index contributed by atoms with van der Waals surface area (Å²) in [5.41, 5.74) is 1.20. The molecule has 0 saturated heterocycles. The van der Waals surface area contributed by atoms with E-state index >= 15 is 0 Å². The molecule has 2 rings (SSSR count). The Balaban J connectivity index is 2.25. The second-order valence-corrected chi connectivity index (χ2v) is 4.68. The molecule has 1 N–H and O–H groups in total. The summed E-state index contributed by atoms with van der Waals surface area (Å²) in [6.07, 6.45) is 1.52. The van der Waals surface area contributed by atoms with E-state index in [2.05, 4.69) is 4.98 Å². The van der Waals surface area contributed by atoms with E-state index in [1.807, 2.05) is 6.92 Å². The van der Waals surface area contributed by atoms with Gasteiger partial charge in [-0.3, -0.25) is 9.78 Å². The average molecular weight is 272 g/mol. The van der Waals surface area contributed by atoms with Crippen LogP contribution >= 0.6 is 0 Å². The number of ether oxygens (including phenoxy) is 1. The number of hydrogen-bond donors (Lipinski definition) is 1. The third kappa shape index (κ3) is 3.26. The summed E-state index contributed by atoms with van der Waals surface area (Å²) < 4.78 is 5.64. The molecule has 1 aromatic carbocycles. The highest BCUT2D eigenvalue weighted by molar-refractivity contribution is 5.92. The average Bonchev–Trinajstić information content (AvgIpc) is 2.36. The fourth-order valence-electron chi connectivity index (χ4n) is 1.74. The van der Waals surface area contributed by atoms with Gasteiger partial charge < -0.3 is 14.7 Å². The summed E-state index contributed by atoms with van der Waals surface area (Å²) >= 11 is 0. The summed E-state index contributed by atoms with van der Waals surface area (Å²) in [6, 6.07) is 8.18. The minimum absolute atomic E-state index is 0.138. The SMILES string of the molecule is Cc1cc(O)cc(Oc2ccnc(C(=O)N(C)C)c2)c1. The lowest BCUT2D eigenvalue weighted by Crippen LogP contribution is -2.22.